The van der Waals surface area contributed by atoms with Gasteiger partial charge in [0.1, 0.15) is 5.82 Å². The van der Waals surface area contributed by atoms with Crippen molar-refractivity contribution in [1.82, 2.24) is 20.3 Å². The number of benzene rings is 1. The van der Waals surface area contributed by atoms with E-state index < -0.39 is 0 Å². The van der Waals surface area contributed by atoms with Gasteiger partial charge in [0, 0.05) is 42.1 Å². The van der Waals surface area contributed by atoms with Crippen molar-refractivity contribution in [3.8, 4) is 11.3 Å². The molecule has 3 N–H and O–H groups in total. The minimum atomic E-state index is -0.207. The zero-order chi connectivity index (χ0) is 21.7. The molecule has 0 bridgehead atoms. The molecule has 3 aromatic rings. The smallest absolute Gasteiger partial charge is 0.254 e. The second kappa shape index (κ2) is 9.45. The lowest BCUT2D eigenvalue weighted by Gasteiger charge is -2.05. The third-order valence-electron chi connectivity index (χ3n) is 4.48. The minimum Gasteiger partial charge on any atom is -0.352 e. The summed E-state index contributed by atoms with van der Waals surface area (Å²) < 4.78 is 0. The second-order valence-electron chi connectivity index (χ2n) is 6.91. The van der Waals surface area contributed by atoms with Crippen molar-refractivity contribution in [2.45, 2.75) is 40.2 Å². The lowest BCUT2D eigenvalue weighted by atomic mass is 10.1. The van der Waals surface area contributed by atoms with Crippen molar-refractivity contribution >= 4 is 28.3 Å². The average molecular weight is 426 g/mol. The quantitative estimate of drug-likeness (QED) is 0.538. The fourth-order valence-corrected chi connectivity index (χ4v) is 3.69. The summed E-state index contributed by atoms with van der Waals surface area (Å²) >= 11 is 1.34. The molecule has 0 saturated carbocycles. The molecule has 0 saturated heterocycles. The molecule has 2 heterocycles. The van der Waals surface area contributed by atoms with Crippen LogP contribution in [0.1, 0.15) is 36.0 Å². The maximum atomic E-state index is 12.3. The van der Waals surface area contributed by atoms with Gasteiger partial charge in [0.25, 0.3) is 5.56 Å². The van der Waals surface area contributed by atoms with Crippen LogP contribution in [0.2, 0.25) is 0 Å². The molecular formula is C21H23N5O3S. The molecule has 156 valence electrons. The van der Waals surface area contributed by atoms with Crippen LogP contribution < -0.4 is 16.2 Å². The van der Waals surface area contributed by atoms with Gasteiger partial charge in [-0.3, -0.25) is 14.4 Å². The zero-order valence-electron chi connectivity index (χ0n) is 17.0. The van der Waals surface area contributed by atoms with E-state index in [0.717, 1.165) is 16.8 Å². The Labute approximate surface area is 177 Å². The van der Waals surface area contributed by atoms with E-state index in [4.69, 9.17) is 0 Å². The summed E-state index contributed by atoms with van der Waals surface area (Å²) in [6.45, 7) is 5.45. The number of H-pyrrole nitrogens is 1. The van der Waals surface area contributed by atoms with E-state index in [1.54, 1.807) is 13.8 Å². The maximum Gasteiger partial charge on any atom is 0.254 e. The van der Waals surface area contributed by atoms with Crippen molar-refractivity contribution in [2.24, 2.45) is 0 Å². The molecule has 8 nitrogen and oxygen atoms in total. The van der Waals surface area contributed by atoms with E-state index in [2.05, 4.69) is 25.6 Å². The molecule has 3 rings (SSSR count). The fourth-order valence-electron chi connectivity index (χ4n) is 2.95. The number of amides is 2. The number of thiazole rings is 1. The van der Waals surface area contributed by atoms with E-state index in [9.17, 15) is 14.4 Å². The Morgan fingerprint density at radius 2 is 1.87 bits per heavy atom. The number of aromatic amines is 1. The van der Waals surface area contributed by atoms with Crippen molar-refractivity contribution in [1.29, 1.82) is 0 Å². The number of aryl methyl sites for hydroxylation is 2. The molecule has 0 unspecified atom stereocenters. The van der Waals surface area contributed by atoms with Gasteiger partial charge in [0.15, 0.2) is 5.13 Å². The van der Waals surface area contributed by atoms with Gasteiger partial charge >= 0.3 is 0 Å². The van der Waals surface area contributed by atoms with Crippen molar-refractivity contribution in [2.75, 3.05) is 5.32 Å². The first-order valence-electron chi connectivity index (χ1n) is 9.47. The fraction of sp³-hybridized carbons (Fsp3) is 0.286. The highest BCUT2D eigenvalue weighted by atomic mass is 32.1. The molecule has 9 heteroatoms. The predicted molar refractivity (Wildman–Crippen MR) is 116 cm³/mol. The molecular weight excluding hydrogens is 402 g/mol. The van der Waals surface area contributed by atoms with Crippen LogP contribution in [-0.4, -0.2) is 26.8 Å². The second-order valence-corrected chi connectivity index (χ2v) is 7.77. The zero-order valence-corrected chi connectivity index (χ0v) is 17.9. The first-order valence-corrected chi connectivity index (χ1v) is 10.4. The summed E-state index contributed by atoms with van der Waals surface area (Å²) in [7, 11) is 0. The largest absolute Gasteiger partial charge is 0.352 e. The standard InChI is InChI=1S/C21H23N5O3S/c1-12-17(20(29)24-13(2)23-12)8-9-19(28)26-21-25-18(11-30-21)16-6-4-15(5-7-16)10-22-14(3)27/h4-7,11H,8-10H2,1-3H3,(H,22,27)(H,23,24,29)(H,25,26,28). The van der Waals surface area contributed by atoms with Gasteiger partial charge in [0.05, 0.1) is 5.69 Å². The third kappa shape index (κ3) is 5.60. The Bertz CT molecular complexity index is 1120. The summed E-state index contributed by atoms with van der Waals surface area (Å²) in [5.74, 6) is 0.280. The van der Waals surface area contributed by atoms with E-state index in [1.807, 2.05) is 29.6 Å². The van der Waals surface area contributed by atoms with Crippen molar-refractivity contribution < 1.29 is 9.59 Å². The molecule has 0 aliphatic rings. The average Bonchev–Trinajstić information content (AvgIpc) is 3.14. The Balaban J connectivity index is 1.58. The summed E-state index contributed by atoms with van der Waals surface area (Å²) in [6.07, 6.45) is 0.482. The maximum absolute atomic E-state index is 12.3. The van der Waals surface area contributed by atoms with E-state index in [1.165, 1.54) is 18.3 Å². The summed E-state index contributed by atoms with van der Waals surface area (Å²) in [5.41, 5.74) is 3.64. The number of rotatable bonds is 7. The molecule has 0 aliphatic heterocycles. The number of carbonyl (C=O) groups is 2. The Kier molecular flexibility index (Phi) is 6.73. The number of anilines is 1. The molecule has 30 heavy (non-hydrogen) atoms. The number of hydrogen-bond acceptors (Lipinski definition) is 6. The first-order chi connectivity index (χ1) is 14.3. The number of nitrogens with zero attached hydrogens (tertiary/aromatic N) is 2. The summed E-state index contributed by atoms with van der Waals surface area (Å²) in [5, 5.41) is 7.92. The van der Waals surface area contributed by atoms with Gasteiger partial charge in [0.2, 0.25) is 11.8 Å². The number of hydrogen-bond donors (Lipinski definition) is 3. The SMILES string of the molecule is CC(=O)NCc1ccc(-c2csc(NC(=O)CCc3c(C)nc(C)[nH]c3=O)n2)cc1. The van der Waals surface area contributed by atoms with Crippen LogP contribution in [0, 0.1) is 13.8 Å². The molecule has 0 fully saturated rings. The van der Waals surface area contributed by atoms with Crippen molar-refractivity contribution in [3.05, 3.63) is 62.6 Å². The molecule has 2 aromatic heterocycles. The van der Waals surface area contributed by atoms with Crippen LogP contribution in [0.4, 0.5) is 5.13 Å². The molecule has 0 radical (unpaired) electrons. The molecule has 2 amide bonds. The monoisotopic (exact) mass is 425 g/mol. The molecule has 0 aliphatic carbocycles. The number of nitrogens with one attached hydrogen (secondary N) is 3. The lowest BCUT2D eigenvalue weighted by molar-refractivity contribution is -0.119. The number of aromatic nitrogens is 3. The molecule has 0 spiro atoms. The van der Waals surface area contributed by atoms with Crippen LogP contribution in [0.5, 0.6) is 0 Å². The highest BCUT2D eigenvalue weighted by molar-refractivity contribution is 7.14. The normalized spacial score (nSPS) is 10.6. The van der Waals surface area contributed by atoms with Crippen molar-refractivity contribution in [3.63, 3.8) is 0 Å². The highest BCUT2D eigenvalue weighted by Gasteiger charge is 2.12. The van der Waals surface area contributed by atoms with Crippen LogP contribution >= 0.6 is 11.3 Å². The van der Waals surface area contributed by atoms with E-state index in [0.29, 0.717) is 35.2 Å². The van der Waals surface area contributed by atoms with Gasteiger partial charge < -0.3 is 15.6 Å². The number of carbonyl (C=O) groups excluding carboxylic acids is 2. The predicted octanol–water partition coefficient (Wildman–Crippen LogP) is 2.72. The molecule has 0 atom stereocenters. The summed E-state index contributed by atoms with van der Waals surface area (Å²) in [6, 6.07) is 7.71. The van der Waals surface area contributed by atoms with Crippen LogP contribution in [-0.2, 0) is 22.6 Å². The van der Waals surface area contributed by atoms with Crippen LogP contribution in [0.3, 0.4) is 0 Å². The van der Waals surface area contributed by atoms with Gasteiger partial charge in [-0.25, -0.2) is 9.97 Å². The van der Waals surface area contributed by atoms with Crippen LogP contribution in [0.25, 0.3) is 11.3 Å². The van der Waals surface area contributed by atoms with Gasteiger partial charge in [-0.1, -0.05) is 24.3 Å². The lowest BCUT2D eigenvalue weighted by Crippen LogP contribution is -2.20. The van der Waals surface area contributed by atoms with E-state index in [-0.39, 0.29) is 23.8 Å². The summed E-state index contributed by atoms with van der Waals surface area (Å²) in [4.78, 5) is 46.7. The van der Waals surface area contributed by atoms with Gasteiger partial charge in [-0.05, 0) is 25.8 Å². The Morgan fingerprint density at radius 3 is 2.53 bits per heavy atom. The highest BCUT2D eigenvalue weighted by Crippen LogP contribution is 2.25. The third-order valence-corrected chi connectivity index (χ3v) is 5.24. The Morgan fingerprint density at radius 1 is 1.13 bits per heavy atom. The van der Waals surface area contributed by atoms with Gasteiger partial charge in [-0.2, -0.15) is 0 Å². The van der Waals surface area contributed by atoms with E-state index >= 15 is 0 Å². The minimum absolute atomic E-state index is 0.0719. The topological polar surface area (TPSA) is 117 Å². The van der Waals surface area contributed by atoms with Crippen LogP contribution in [0.15, 0.2) is 34.4 Å². The van der Waals surface area contributed by atoms with Gasteiger partial charge in [-0.15, -0.1) is 11.3 Å². The Hall–Kier alpha value is -3.33. The molecule has 1 aromatic carbocycles. The first kappa shape index (κ1) is 21.4.